The first-order valence-electron chi connectivity index (χ1n) is 7.53. The molecule has 0 bridgehead atoms. The van der Waals surface area contributed by atoms with E-state index in [0.717, 1.165) is 6.07 Å². The van der Waals surface area contributed by atoms with Crippen LogP contribution in [0.5, 0.6) is 5.75 Å². The van der Waals surface area contributed by atoms with E-state index in [4.69, 9.17) is 11.6 Å². The van der Waals surface area contributed by atoms with Gasteiger partial charge in [-0.25, -0.2) is 4.90 Å². The van der Waals surface area contributed by atoms with Gasteiger partial charge in [-0.2, -0.15) is 13.2 Å². The lowest BCUT2D eigenvalue weighted by molar-refractivity contribution is -0.137. The van der Waals surface area contributed by atoms with E-state index in [0.29, 0.717) is 33.9 Å². The Morgan fingerprint density at radius 2 is 1.74 bits per heavy atom. The summed E-state index contributed by atoms with van der Waals surface area (Å²) in [4.78, 5) is 25.8. The van der Waals surface area contributed by atoms with Crippen molar-refractivity contribution < 1.29 is 27.9 Å². The van der Waals surface area contributed by atoms with Crippen LogP contribution < -0.4 is 4.90 Å². The first-order chi connectivity index (χ1) is 12.6. The lowest BCUT2D eigenvalue weighted by atomic mass is 10.1. The van der Waals surface area contributed by atoms with Crippen LogP contribution in [-0.4, -0.2) is 16.3 Å². The van der Waals surface area contributed by atoms with Gasteiger partial charge in [0, 0.05) is 0 Å². The van der Waals surface area contributed by atoms with E-state index in [1.807, 2.05) is 0 Å². The second-order valence-electron chi connectivity index (χ2n) is 5.67. The number of imide groups is 1. The second kappa shape index (κ2) is 6.94. The molecule has 0 atom stereocenters. The number of phenolic OH excluding ortho intramolecular Hbond substituents is 1. The highest BCUT2D eigenvalue weighted by molar-refractivity contribution is 8.19. The minimum atomic E-state index is -4.72. The number of rotatable bonds is 2. The Bertz CT molecular complexity index is 971. The standard InChI is InChI=1S/C18H11ClF3NO3S/c1-9(10-2-5-12(24)6-3-10)15-16(25)23(17(26)27-15)11-4-7-14(19)13(8-11)18(20,21)22/h2-8,24H,1H3/b15-9-. The number of amides is 2. The fourth-order valence-electron chi connectivity index (χ4n) is 2.53. The van der Waals surface area contributed by atoms with Crippen LogP contribution in [0.4, 0.5) is 23.7 Å². The second-order valence-corrected chi connectivity index (χ2v) is 7.04. The summed E-state index contributed by atoms with van der Waals surface area (Å²) < 4.78 is 39.2. The fraction of sp³-hybridized carbons (Fsp3) is 0.111. The lowest BCUT2D eigenvalue weighted by Crippen LogP contribution is -2.28. The van der Waals surface area contributed by atoms with E-state index in [1.54, 1.807) is 19.1 Å². The van der Waals surface area contributed by atoms with Crippen molar-refractivity contribution in [3.05, 3.63) is 63.5 Å². The zero-order valence-corrected chi connectivity index (χ0v) is 15.2. The third-order valence-corrected chi connectivity index (χ3v) is 5.30. The first kappa shape index (κ1) is 19.3. The minimum absolute atomic E-state index is 0.0421. The SMILES string of the molecule is C/C(=C1/SC(=O)N(c2ccc(Cl)c(C(F)(F)F)c2)C1=O)c1ccc(O)cc1. The summed E-state index contributed by atoms with van der Waals surface area (Å²) in [6, 6.07) is 8.87. The summed E-state index contributed by atoms with van der Waals surface area (Å²) >= 11 is 6.23. The van der Waals surface area contributed by atoms with Gasteiger partial charge in [0.25, 0.3) is 11.1 Å². The molecule has 0 aromatic heterocycles. The molecule has 0 aliphatic carbocycles. The number of halogens is 4. The number of anilines is 1. The van der Waals surface area contributed by atoms with Crippen molar-refractivity contribution >= 4 is 45.8 Å². The Balaban J connectivity index is 2.02. The van der Waals surface area contributed by atoms with E-state index in [2.05, 4.69) is 0 Å². The Labute approximate surface area is 161 Å². The largest absolute Gasteiger partial charge is 0.508 e. The highest BCUT2D eigenvalue weighted by Gasteiger charge is 2.40. The summed E-state index contributed by atoms with van der Waals surface area (Å²) in [5, 5.41) is 8.13. The predicted octanol–water partition coefficient (Wildman–Crippen LogP) is 5.70. The van der Waals surface area contributed by atoms with Crippen molar-refractivity contribution in [3.8, 4) is 5.75 Å². The number of carbonyl (C=O) groups excluding carboxylic acids is 2. The smallest absolute Gasteiger partial charge is 0.417 e. The van der Waals surface area contributed by atoms with Crippen LogP contribution in [0.1, 0.15) is 18.1 Å². The Hall–Kier alpha value is -2.45. The van der Waals surface area contributed by atoms with E-state index in [-0.39, 0.29) is 16.3 Å². The lowest BCUT2D eigenvalue weighted by Gasteiger charge is -2.16. The van der Waals surface area contributed by atoms with Crippen molar-refractivity contribution in [2.24, 2.45) is 0 Å². The van der Waals surface area contributed by atoms with Gasteiger partial charge in [0.15, 0.2) is 0 Å². The number of thioether (sulfide) groups is 1. The third kappa shape index (κ3) is 3.68. The highest BCUT2D eigenvalue weighted by atomic mass is 35.5. The third-order valence-electron chi connectivity index (χ3n) is 3.92. The van der Waals surface area contributed by atoms with Crippen molar-refractivity contribution in [1.82, 2.24) is 0 Å². The van der Waals surface area contributed by atoms with Crippen LogP contribution in [0.2, 0.25) is 5.02 Å². The normalized spacial score (nSPS) is 16.9. The van der Waals surface area contributed by atoms with Gasteiger partial charge in [-0.3, -0.25) is 9.59 Å². The van der Waals surface area contributed by atoms with E-state index >= 15 is 0 Å². The van der Waals surface area contributed by atoms with Crippen molar-refractivity contribution in [1.29, 1.82) is 0 Å². The van der Waals surface area contributed by atoms with Gasteiger partial charge in [0.2, 0.25) is 0 Å². The quantitative estimate of drug-likeness (QED) is 0.642. The molecule has 27 heavy (non-hydrogen) atoms. The molecule has 0 spiro atoms. The van der Waals surface area contributed by atoms with Gasteiger partial charge < -0.3 is 5.11 Å². The maximum Gasteiger partial charge on any atom is 0.417 e. The summed E-state index contributed by atoms with van der Waals surface area (Å²) in [7, 11) is 0. The van der Waals surface area contributed by atoms with Gasteiger partial charge in [-0.05, 0) is 60.2 Å². The van der Waals surface area contributed by atoms with E-state index < -0.39 is 27.9 Å². The number of allylic oxidation sites excluding steroid dienone is 1. The molecule has 2 amide bonds. The highest BCUT2D eigenvalue weighted by Crippen LogP contribution is 2.42. The molecule has 140 valence electrons. The molecular weight excluding hydrogens is 403 g/mol. The van der Waals surface area contributed by atoms with Gasteiger partial charge in [0.1, 0.15) is 5.75 Å². The number of phenols is 1. The number of aromatic hydroxyl groups is 1. The average molecular weight is 414 g/mol. The number of hydrogen-bond acceptors (Lipinski definition) is 4. The molecule has 1 saturated heterocycles. The maximum absolute atomic E-state index is 13.1. The van der Waals surface area contributed by atoms with Gasteiger partial charge in [-0.1, -0.05) is 23.7 Å². The molecule has 4 nitrogen and oxygen atoms in total. The zero-order valence-electron chi connectivity index (χ0n) is 13.7. The molecule has 2 aromatic carbocycles. The molecule has 0 unspecified atom stereocenters. The molecular formula is C18H11ClF3NO3S. The number of carbonyl (C=O) groups is 2. The molecule has 1 N–H and O–H groups in total. The van der Waals surface area contributed by atoms with E-state index in [9.17, 15) is 27.9 Å². The summed E-state index contributed by atoms with van der Waals surface area (Å²) in [5.41, 5.74) is -0.251. The summed E-state index contributed by atoms with van der Waals surface area (Å²) in [6.07, 6.45) is -4.72. The van der Waals surface area contributed by atoms with Crippen LogP contribution >= 0.6 is 23.4 Å². The molecule has 1 aliphatic rings. The monoisotopic (exact) mass is 413 g/mol. The molecule has 1 aliphatic heterocycles. The minimum Gasteiger partial charge on any atom is -0.508 e. The molecule has 9 heteroatoms. The maximum atomic E-state index is 13.1. The van der Waals surface area contributed by atoms with Crippen LogP contribution in [0.15, 0.2) is 47.4 Å². The average Bonchev–Trinajstić information content (AvgIpc) is 2.89. The molecule has 0 radical (unpaired) electrons. The molecule has 3 rings (SSSR count). The number of alkyl halides is 3. The molecule has 0 saturated carbocycles. The molecule has 1 heterocycles. The van der Waals surface area contributed by atoms with Crippen LogP contribution in [0, 0.1) is 0 Å². The van der Waals surface area contributed by atoms with Gasteiger partial charge >= 0.3 is 6.18 Å². The number of nitrogens with zero attached hydrogens (tertiary/aromatic N) is 1. The molecule has 1 fully saturated rings. The van der Waals surface area contributed by atoms with Gasteiger partial charge in [-0.15, -0.1) is 0 Å². The Morgan fingerprint density at radius 3 is 2.33 bits per heavy atom. The van der Waals surface area contributed by atoms with Crippen molar-refractivity contribution in [3.63, 3.8) is 0 Å². The Kier molecular flexibility index (Phi) is 4.96. The van der Waals surface area contributed by atoms with Crippen molar-refractivity contribution in [2.75, 3.05) is 4.90 Å². The van der Waals surface area contributed by atoms with Crippen LogP contribution in [0.25, 0.3) is 5.57 Å². The van der Waals surface area contributed by atoms with Crippen molar-refractivity contribution in [2.45, 2.75) is 13.1 Å². The number of benzene rings is 2. The van der Waals surface area contributed by atoms with E-state index in [1.165, 1.54) is 18.2 Å². The predicted molar refractivity (Wildman–Crippen MR) is 97.6 cm³/mol. The van der Waals surface area contributed by atoms with Crippen LogP contribution in [-0.2, 0) is 11.0 Å². The fourth-order valence-corrected chi connectivity index (χ4v) is 3.66. The summed E-state index contributed by atoms with van der Waals surface area (Å²) in [5.74, 6) is -0.675. The first-order valence-corrected chi connectivity index (χ1v) is 8.72. The molecule has 2 aromatic rings. The van der Waals surface area contributed by atoms with Crippen LogP contribution in [0.3, 0.4) is 0 Å². The number of hydrogen-bond donors (Lipinski definition) is 1. The Morgan fingerprint density at radius 1 is 1.11 bits per heavy atom. The topological polar surface area (TPSA) is 57.6 Å². The van der Waals surface area contributed by atoms with Gasteiger partial charge in [0.05, 0.1) is 21.2 Å². The zero-order chi connectivity index (χ0) is 19.9. The summed E-state index contributed by atoms with van der Waals surface area (Å²) in [6.45, 7) is 1.62.